The van der Waals surface area contributed by atoms with Crippen LogP contribution in [0.2, 0.25) is 0 Å². The Morgan fingerprint density at radius 2 is 2.16 bits per heavy atom. The average Bonchev–Trinajstić information content (AvgIpc) is 2.36. The van der Waals surface area contributed by atoms with Gasteiger partial charge in [-0.15, -0.1) is 0 Å². The molecule has 1 rings (SSSR count). The summed E-state index contributed by atoms with van der Waals surface area (Å²) in [5.74, 6) is 0.207. The van der Waals surface area contributed by atoms with Crippen LogP contribution in [0.4, 0.5) is 5.82 Å². The van der Waals surface area contributed by atoms with Gasteiger partial charge in [-0.05, 0) is 27.8 Å². The number of likely N-dealkylation sites (N-methyl/N-ethyl adjacent to an activating group) is 1. The molecule has 1 heterocycles. The van der Waals surface area contributed by atoms with Crippen molar-refractivity contribution in [3.8, 4) is 0 Å². The van der Waals surface area contributed by atoms with Crippen LogP contribution < -0.4 is 5.32 Å². The molecule has 0 radical (unpaired) electrons. The summed E-state index contributed by atoms with van der Waals surface area (Å²) in [5, 5.41) is 3.19. The number of carbonyl (C=O) groups is 1. The molecule has 6 nitrogen and oxygen atoms in total. The normalized spacial score (nSPS) is 10.9. The van der Waals surface area contributed by atoms with Gasteiger partial charge in [0, 0.05) is 30.9 Å². The molecule has 0 atom stereocenters. The number of ether oxygens (including phenoxy) is 1. The number of rotatable bonds is 6. The van der Waals surface area contributed by atoms with Gasteiger partial charge in [0.25, 0.3) is 0 Å². The molecule has 0 bridgehead atoms. The predicted molar refractivity (Wildman–Crippen MR) is 74.4 cm³/mol. The molecule has 0 saturated carbocycles. The number of esters is 1. The highest BCUT2D eigenvalue weighted by Gasteiger charge is 2.11. The highest BCUT2D eigenvalue weighted by Crippen LogP contribution is 2.07. The van der Waals surface area contributed by atoms with E-state index in [1.54, 1.807) is 0 Å². The molecule has 1 aromatic rings. The van der Waals surface area contributed by atoms with Crippen LogP contribution in [0.3, 0.4) is 0 Å². The number of nitrogens with zero attached hydrogens (tertiary/aromatic N) is 3. The average molecular weight is 266 g/mol. The lowest BCUT2D eigenvalue weighted by Gasteiger charge is -2.21. The lowest BCUT2D eigenvalue weighted by atomic mass is 10.3. The van der Waals surface area contributed by atoms with Crippen molar-refractivity contribution in [3.05, 3.63) is 17.6 Å². The standard InChI is InChI=1S/C13H22N4O2/c1-9(2)17(4)7-6-14-11-8-10(3)15-12(16-11)13(18)19-5/h8-9H,6-7H2,1-5H3,(H,14,15,16). The van der Waals surface area contributed by atoms with Crippen molar-refractivity contribution in [2.24, 2.45) is 0 Å². The molecule has 0 saturated heterocycles. The van der Waals surface area contributed by atoms with Crippen molar-refractivity contribution in [3.63, 3.8) is 0 Å². The summed E-state index contributed by atoms with van der Waals surface area (Å²) in [6, 6.07) is 2.31. The zero-order valence-corrected chi connectivity index (χ0v) is 12.2. The van der Waals surface area contributed by atoms with E-state index >= 15 is 0 Å². The Morgan fingerprint density at radius 1 is 1.47 bits per heavy atom. The van der Waals surface area contributed by atoms with E-state index in [0.717, 1.165) is 18.8 Å². The molecule has 0 aromatic carbocycles. The van der Waals surface area contributed by atoms with Crippen LogP contribution in [0, 0.1) is 6.92 Å². The maximum absolute atomic E-state index is 11.4. The third-order valence-electron chi connectivity index (χ3n) is 2.87. The molecule has 0 fully saturated rings. The molecule has 0 amide bonds. The molecule has 1 aromatic heterocycles. The topological polar surface area (TPSA) is 67.3 Å². The Kier molecular flexibility index (Phi) is 5.69. The third-order valence-corrected chi connectivity index (χ3v) is 2.87. The zero-order valence-electron chi connectivity index (χ0n) is 12.2. The summed E-state index contributed by atoms with van der Waals surface area (Å²) >= 11 is 0. The lowest BCUT2D eigenvalue weighted by Crippen LogP contribution is -2.31. The Labute approximate surface area is 114 Å². The Balaban J connectivity index is 2.63. The second-order valence-electron chi connectivity index (χ2n) is 4.71. The van der Waals surface area contributed by atoms with Gasteiger partial charge < -0.3 is 15.0 Å². The minimum Gasteiger partial charge on any atom is -0.463 e. The number of hydrogen-bond donors (Lipinski definition) is 1. The fourth-order valence-corrected chi connectivity index (χ4v) is 1.46. The molecular formula is C13H22N4O2. The van der Waals surface area contributed by atoms with Gasteiger partial charge in [-0.25, -0.2) is 14.8 Å². The van der Waals surface area contributed by atoms with Gasteiger partial charge in [0.2, 0.25) is 5.82 Å². The van der Waals surface area contributed by atoms with E-state index in [9.17, 15) is 4.79 Å². The summed E-state index contributed by atoms with van der Waals surface area (Å²) in [6.07, 6.45) is 0. The smallest absolute Gasteiger partial charge is 0.376 e. The molecule has 1 N–H and O–H groups in total. The van der Waals surface area contributed by atoms with E-state index in [0.29, 0.717) is 11.9 Å². The maximum Gasteiger partial charge on any atom is 0.376 e. The fourth-order valence-electron chi connectivity index (χ4n) is 1.46. The molecular weight excluding hydrogens is 244 g/mol. The predicted octanol–water partition coefficient (Wildman–Crippen LogP) is 1.32. The van der Waals surface area contributed by atoms with Crippen molar-refractivity contribution >= 4 is 11.8 Å². The van der Waals surface area contributed by atoms with E-state index in [1.165, 1.54) is 7.11 Å². The Bertz CT molecular complexity index is 435. The monoisotopic (exact) mass is 266 g/mol. The van der Waals surface area contributed by atoms with Gasteiger partial charge in [0.05, 0.1) is 7.11 Å². The molecule has 0 unspecified atom stereocenters. The van der Waals surface area contributed by atoms with Gasteiger partial charge in [0.1, 0.15) is 5.82 Å². The summed E-state index contributed by atoms with van der Waals surface area (Å²) in [7, 11) is 3.39. The Morgan fingerprint density at radius 3 is 2.74 bits per heavy atom. The number of methoxy groups -OCH3 is 1. The van der Waals surface area contributed by atoms with Crippen LogP contribution in [-0.4, -0.2) is 54.1 Å². The zero-order chi connectivity index (χ0) is 14.4. The first-order valence-corrected chi connectivity index (χ1v) is 6.32. The van der Waals surface area contributed by atoms with Crippen LogP contribution in [0.25, 0.3) is 0 Å². The van der Waals surface area contributed by atoms with E-state index in [2.05, 4.69) is 45.8 Å². The first kappa shape index (κ1) is 15.4. The van der Waals surface area contributed by atoms with E-state index in [-0.39, 0.29) is 5.82 Å². The molecule has 0 aliphatic heterocycles. The van der Waals surface area contributed by atoms with Crippen molar-refractivity contribution < 1.29 is 9.53 Å². The van der Waals surface area contributed by atoms with Crippen LogP contribution in [0.1, 0.15) is 30.2 Å². The Hall–Kier alpha value is -1.69. The molecule has 0 aliphatic carbocycles. The van der Waals surface area contributed by atoms with Gasteiger partial charge in [-0.3, -0.25) is 0 Å². The molecule has 19 heavy (non-hydrogen) atoms. The number of hydrogen-bond acceptors (Lipinski definition) is 6. The highest BCUT2D eigenvalue weighted by molar-refractivity contribution is 5.85. The van der Waals surface area contributed by atoms with Crippen molar-refractivity contribution in [1.82, 2.24) is 14.9 Å². The van der Waals surface area contributed by atoms with Crippen LogP contribution in [-0.2, 0) is 4.74 Å². The van der Waals surface area contributed by atoms with Crippen molar-refractivity contribution in [1.29, 1.82) is 0 Å². The first-order valence-electron chi connectivity index (χ1n) is 6.32. The fraction of sp³-hybridized carbons (Fsp3) is 0.615. The summed E-state index contributed by atoms with van der Waals surface area (Å²) in [4.78, 5) is 21.8. The third kappa shape index (κ3) is 4.82. The number of aryl methyl sites for hydroxylation is 1. The molecule has 0 spiro atoms. The highest BCUT2D eigenvalue weighted by atomic mass is 16.5. The summed E-state index contributed by atoms with van der Waals surface area (Å²) in [5.41, 5.74) is 0.732. The van der Waals surface area contributed by atoms with Crippen LogP contribution >= 0.6 is 0 Å². The summed E-state index contributed by atoms with van der Waals surface area (Å²) in [6.45, 7) is 7.76. The minimum atomic E-state index is -0.522. The summed E-state index contributed by atoms with van der Waals surface area (Å²) < 4.78 is 4.62. The van der Waals surface area contributed by atoms with Crippen LogP contribution in [0.5, 0.6) is 0 Å². The SMILES string of the molecule is COC(=O)c1nc(C)cc(NCCN(C)C(C)C)n1. The number of aromatic nitrogens is 2. The van der Waals surface area contributed by atoms with Crippen molar-refractivity contribution in [2.45, 2.75) is 26.8 Å². The number of anilines is 1. The second kappa shape index (κ2) is 7.04. The maximum atomic E-state index is 11.4. The van der Waals surface area contributed by atoms with Crippen LogP contribution in [0.15, 0.2) is 6.07 Å². The van der Waals surface area contributed by atoms with Gasteiger partial charge in [0.15, 0.2) is 0 Å². The number of nitrogens with one attached hydrogen (secondary N) is 1. The molecule has 6 heteroatoms. The minimum absolute atomic E-state index is 0.0854. The molecule has 106 valence electrons. The quantitative estimate of drug-likeness (QED) is 0.783. The van der Waals surface area contributed by atoms with Crippen molar-refractivity contribution in [2.75, 3.05) is 32.6 Å². The van der Waals surface area contributed by atoms with Gasteiger partial charge in [-0.2, -0.15) is 0 Å². The van der Waals surface area contributed by atoms with E-state index < -0.39 is 5.97 Å². The first-order chi connectivity index (χ1) is 8.93. The molecule has 0 aliphatic rings. The van der Waals surface area contributed by atoms with Gasteiger partial charge in [-0.1, -0.05) is 0 Å². The number of carbonyl (C=O) groups excluding carboxylic acids is 1. The largest absolute Gasteiger partial charge is 0.463 e. The van der Waals surface area contributed by atoms with Gasteiger partial charge >= 0.3 is 5.97 Å². The lowest BCUT2D eigenvalue weighted by molar-refractivity contribution is 0.0586. The van der Waals surface area contributed by atoms with E-state index in [4.69, 9.17) is 0 Å². The van der Waals surface area contributed by atoms with E-state index in [1.807, 2.05) is 13.0 Å². The second-order valence-corrected chi connectivity index (χ2v) is 4.71.